The number of aryl methyl sites for hydroxylation is 1. The smallest absolute Gasteiger partial charge is 0.313 e. The Balaban J connectivity index is 2.62. The third-order valence-corrected chi connectivity index (χ3v) is 3.56. The molecule has 0 aliphatic heterocycles. The zero-order valence-corrected chi connectivity index (χ0v) is 11.7. The molecule has 0 unspecified atom stereocenters. The second-order valence-corrected chi connectivity index (χ2v) is 5.50. The van der Waals surface area contributed by atoms with Gasteiger partial charge in [-0.2, -0.15) is 0 Å². The highest BCUT2D eigenvalue weighted by Crippen LogP contribution is 2.20. The average molecular weight is 281 g/mol. The number of nitrogens with zero attached hydrogens (tertiary/aromatic N) is 2. The first kappa shape index (κ1) is 13.7. The van der Waals surface area contributed by atoms with Crippen LogP contribution < -0.4 is 5.56 Å². The fourth-order valence-corrected chi connectivity index (χ4v) is 2.72. The number of carbonyl (C=O) groups is 1. The van der Waals surface area contributed by atoms with E-state index in [1.807, 2.05) is 20.8 Å². The van der Waals surface area contributed by atoms with Crippen molar-refractivity contribution in [3.63, 3.8) is 0 Å². The van der Waals surface area contributed by atoms with Crippen LogP contribution in [0.3, 0.4) is 0 Å². The highest BCUT2D eigenvalue weighted by molar-refractivity contribution is 7.99. The van der Waals surface area contributed by atoms with E-state index < -0.39 is 5.97 Å². The van der Waals surface area contributed by atoms with Crippen LogP contribution in [0.25, 0.3) is 11.0 Å². The quantitative estimate of drug-likeness (QED) is 0.659. The monoisotopic (exact) mass is 281 g/mol. The van der Waals surface area contributed by atoms with Crippen LogP contribution in [0, 0.1) is 6.92 Å². The predicted molar refractivity (Wildman–Crippen MR) is 73.8 cm³/mol. The summed E-state index contributed by atoms with van der Waals surface area (Å²) in [6.07, 6.45) is 0. The van der Waals surface area contributed by atoms with Crippen molar-refractivity contribution in [3.05, 3.63) is 22.1 Å². The molecule has 2 aromatic rings. The molecular formula is C12H15N3O3S. The lowest BCUT2D eigenvalue weighted by Gasteiger charge is -2.14. The van der Waals surface area contributed by atoms with Gasteiger partial charge in [0.05, 0.1) is 11.3 Å². The minimum atomic E-state index is -0.931. The van der Waals surface area contributed by atoms with Crippen molar-refractivity contribution in [1.82, 2.24) is 14.5 Å². The van der Waals surface area contributed by atoms with Gasteiger partial charge in [-0.05, 0) is 26.8 Å². The molecule has 0 amide bonds. The van der Waals surface area contributed by atoms with E-state index >= 15 is 0 Å². The van der Waals surface area contributed by atoms with Crippen molar-refractivity contribution >= 4 is 28.8 Å². The number of hydrogen-bond acceptors (Lipinski definition) is 4. The second kappa shape index (κ2) is 5.08. The van der Waals surface area contributed by atoms with Gasteiger partial charge in [0.25, 0.3) is 5.56 Å². The molecule has 0 radical (unpaired) electrons. The van der Waals surface area contributed by atoms with Crippen molar-refractivity contribution < 1.29 is 9.90 Å². The van der Waals surface area contributed by atoms with Crippen molar-refractivity contribution in [2.75, 3.05) is 5.75 Å². The molecule has 7 heteroatoms. The molecule has 0 atom stereocenters. The van der Waals surface area contributed by atoms with Crippen molar-refractivity contribution in [2.45, 2.75) is 32.0 Å². The molecule has 0 spiro atoms. The normalized spacial score (nSPS) is 11.4. The van der Waals surface area contributed by atoms with Crippen LogP contribution in [0.15, 0.2) is 16.0 Å². The molecule has 2 N–H and O–H groups in total. The number of rotatable bonds is 4. The summed E-state index contributed by atoms with van der Waals surface area (Å²) < 4.78 is 1.52. The Bertz CT molecular complexity index is 687. The van der Waals surface area contributed by atoms with Crippen LogP contribution in [0.2, 0.25) is 0 Å². The van der Waals surface area contributed by atoms with Crippen LogP contribution >= 0.6 is 11.8 Å². The Labute approximate surface area is 113 Å². The number of carboxylic acid groups (broad SMARTS) is 1. The molecule has 0 fully saturated rings. The van der Waals surface area contributed by atoms with Gasteiger partial charge >= 0.3 is 5.97 Å². The molecule has 0 aliphatic carbocycles. The molecule has 6 nitrogen and oxygen atoms in total. The van der Waals surface area contributed by atoms with E-state index in [1.54, 1.807) is 6.07 Å². The number of aromatic amines is 1. The van der Waals surface area contributed by atoms with Gasteiger partial charge in [0.1, 0.15) is 5.52 Å². The van der Waals surface area contributed by atoms with Crippen LogP contribution in [-0.4, -0.2) is 31.4 Å². The molecule has 0 saturated heterocycles. The number of aromatic nitrogens is 3. The van der Waals surface area contributed by atoms with Crippen molar-refractivity contribution in [2.24, 2.45) is 0 Å². The van der Waals surface area contributed by atoms with E-state index in [0.29, 0.717) is 16.2 Å². The molecule has 102 valence electrons. The maximum absolute atomic E-state index is 12.4. The lowest BCUT2D eigenvalue weighted by molar-refractivity contribution is -0.133. The molecule has 0 bridgehead atoms. The maximum atomic E-state index is 12.4. The molecule has 2 rings (SSSR count). The number of hydrogen-bond donors (Lipinski definition) is 2. The zero-order valence-electron chi connectivity index (χ0n) is 10.9. The Morgan fingerprint density at radius 3 is 2.84 bits per heavy atom. The van der Waals surface area contributed by atoms with Gasteiger partial charge in [0.2, 0.25) is 0 Å². The third kappa shape index (κ3) is 2.65. The summed E-state index contributed by atoms with van der Waals surface area (Å²) in [7, 11) is 0. The van der Waals surface area contributed by atoms with Crippen molar-refractivity contribution in [1.29, 1.82) is 0 Å². The topological polar surface area (TPSA) is 88.0 Å². The van der Waals surface area contributed by atoms with Gasteiger partial charge in [-0.3, -0.25) is 14.2 Å². The average Bonchev–Trinajstić information content (AvgIpc) is 2.66. The molecule has 0 saturated carbocycles. The summed E-state index contributed by atoms with van der Waals surface area (Å²) in [5.41, 5.74) is 1.73. The fourth-order valence-electron chi connectivity index (χ4n) is 1.87. The van der Waals surface area contributed by atoms with Crippen LogP contribution in [-0.2, 0) is 4.79 Å². The molecule has 2 heterocycles. The summed E-state index contributed by atoms with van der Waals surface area (Å²) in [5.74, 6) is -1.05. The van der Waals surface area contributed by atoms with E-state index in [4.69, 9.17) is 5.11 Å². The summed E-state index contributed by atoms with van der Waals surface area (Å²) in [6, 6.07) is 1.70. The molecule has 2 aromatic heterocycles. The summed E-state index contributed by atoms with van der Waals surface area (Å²) in [6.45, 7) is 5.59. The van der Waals surface area contributed by atoms with Gasteiger partial charge in [0, 0.05) is 11.7 Å². The highest BCUT2D eigenvalue weighted by atomic mass is 32.2. The lowest BCUT2D eigenvalue weighted by atomic mass is 10.3. The predicted octanol–water partition coefficient (Wildman–Crippen LogP) is 1.79. The van der Waals surface area contributed by atoms with E-state index in [1.165, 1.54) is 4.57 Å². The fraction of sp³-hybridized carbons (Fsp3) is 0.417. The van der Waals surface area contributed by atoms with E-state index in [9.17, 15) is 9.59 Å². The van der Waals surface area contributed by atoms with Gasteiger partial charge in [-0.15, -0.1) is 0 Å². The first-order valence-corrected chi connectivity index (χ1v) is 6.85. The van der Waals surface area contributed by atoms with Crippen LogP contribution in [0.1, 0.15) is 25.6 Å². The molecule has 0 aliphatic rings. The first-order valence-electron chi connectivity index (χ1n) is 5.86. The molecule has 0 aromatic carbocycles. The highest BCUT2D eigenvalue weighted by Gasteiger charge is 2.16. The van der Waals surface area contributed by atoms with E-state index in [2.05, 4.69) is 9.97 Å². The van der Waals surface area contributed by atoms with Gasteiger partial charge in [-0.25, -0.2) is 4.98 Å². The summed E-state index contributed by atoms with van der Waals surface area (Å²) in [5, 5.41) is 9.19. The Hall–Kier alpha value is -1.76. The SMILES string of the molecule is Cc1cc2nc(SCC(=O)O)n(C(C)C)c(=O)c2[nH]1. The van der Waals surface area contributed by atoms with Gasteiger partial charge < -0.3 is 10.1 Å². The minimum Gasteiger partial charge on any atom is -0.481 e. The first-order chi connectivity index (χ1) is 8.90. The maximum Gasteiger partial charge on any atom is 0.313 e. The number of thioether (sulfide) groups is 1. The van der Waals surface area contributed by atoms with Crippen LogP contribution in [0.4, 0.5) is 0 Å². The summed E-state index contributed by atoms with van der Waals surface area (Å²) in [4.78, 5) is 30.4. The Morgan fingerprint density at radius 2 is 2.26 bits per heavy atom. The third-order valence-electron chi connectivity index (χ3n) is 2.63. The number of H-pyrrole nitrogens is 1. The number of carboxylic acids is 1. The Kier molecular flexibility index (Phi) is 3.66. The van der Waals surface area contributed by atoms with E-state index in [-0.39, 0.29) is 17.4 Å². The standard InChI is InChI=1S/C12H15N3O3S/c1-6(2)15-11(18)10-8(4-7(3)13-10)14-12(15)19-5-9(16)17/h4,6,13H,5H2,1-3H3,(H,16,17). The van der Waals surface area contributed by atoms with Gasteiger partial charge in [-0.1, -0.05) is 11.8 Å². The number of fused-ring (bicyclic) bond motifs is 1. The number of aliphatic carboxylic acids is 1. The Morgan fingerprint density at radius 1 is 1.58 bits per heavy atom. The van der Waals surface area contributed by atoms with Gasteiger partial charge in [0.15, 0.2) is 5.16 Å². The second-order valence-electron chi connectivity index (χ2n) is 4.56. The lowest BCUT2D eigenvalue weighted by Crippen LogP contribution is -2.25. The van der Waals surface area contributed by atoms with E-state index in [0.717, 1.165) is 17.5 Å². The molecule has 19 heavy (non-hydrogen) atoms. The summed E-state index contributed by atoms with van der Waals surface area (Å²) >= 11 is 1.06. The largest absolute Gasteiger partial charge is 0.481 e. The number of nitrogens with one attached hydrogen (secondary N) is 1. The minimum absolute atomic E-state index is 0.0794. The van der Waals surface area contributed by atoms with Crippen molar-refractivity contribution in [3.8, 4) is 0 Å². The zero-order chi connectivity index (χ0) is 14.2. The molecular weight excluding hydrogens is 266 g/mol. The van der Waals surface area contributed by atoms with Crippen LogP contribution in [0.5, 0.6) is 0 Å².